The Morgan fingerprint density at radius 1 is 1.44 bits per heavy atom. The fourth-order valence-corrected chi connectivity index (χ4v) is 2.40. The molecule has 96 valence electrons. The first-order valence-electron chi connectivity index (χ1n) is 6.43. The van der Waals surface area contributed by atoms with Gasteiger partial charge in [-0.1, -0.05) is 13.8 Å². The van der Waals surface area contributed by atoms with Gasteiger partial charge in [-0.3, -0.25) is 4.90 Å². The summed E-state index contributed by atoms with van der Waals surface area (Å²) in [6.45, 7) is 13.3. The first kappa shape index (κ1) is 13.9. The van der Waals surface area contributed by atoms with Crippen LogP contribution in [0.25, 0.3) is 0 Å². The zero-order chi connectivity index (χ0) is 12.2. The number of hydrogen-bond acceptors (Lipinski definition) is 3. The average molecular weight is 228 g/mol. The van der Waals surface area contributed by atoms with E-state index in [1.165, 1.54) is 19.5 Å². The molecule has 0 radical (unpaired) electrons. The van der Waals surface area contributed by atoms with E-state index in [4.69, 9.17) is 4.74 Å². The number of nitrogens with one attached hydrogen (secondary N) is 1. The van der Waals surface area contributed by atoms with E-state index in [-0.39, 0.29) is 5.54 Å². The van der Waals surface area contributed by atoms with Crippen LogP contribution in [0, 0.1) is 5.92 Å². The van der Waals surface area contributed by atoms with Crippen LogP contribution in [0.3, 0.4) is 0 Å². The number of hydrogen-bond donors (Lipinski definition) is 1. The van der Waals surface area contributed by atoms with E-state index in [1.807, 2.05) is 0 Å². The standard InChI is InChI=1S/C13H28N2O/c1-11(2)14-8-12-6-7-15(9-12)13(3,4)10-16-5/h11-12,14H,6-10H2,1-5H3. The van der Waals surface area contributed by atoms with Gasteiger partial charge < -0.3 is 10.1 Å². The maximum absolute atomic E-state index is 5.30. The lowest BCUT2D eigenvalue weighted by Crippen LogP contribution is -2.46. The Bertz CT molecular complexity index is 204. The smallest absolute Gasteiger partial charge is 0.0641 e. The third kappa shape index (κ3) is 4.04. The van der Waals surface area contributed by atoms with E-state index in [9.17, 15) is 0 Å². The van der Waals surface area contributed by atoms with E-state index in [0.29, 0.717) is 6.04 Å². The zero-order valence-corrected chi connectivity index (χ0v) is 11.5. The van der Waals surface area contributed by atoms with Gasteiger partial charge in [0.2, 0.25) is 0 Å². The van der Waals surface area contributed by atoms with Crippen molar-refractivity contribution in [3.05, 3.63) is 0 Å². The van der Waals surface area contributed by atoms with Gasteiger partial charge in [-0.25, -0.2) is 0 Å². The zero-order valence-electron chi connectivity index (χ0n) is 11.5. The fourth-order valence-electron chi connectivity index (χ4n) is 2.40. The third-order valence-corrected chi connectivity index (χ3v) is 3.45. The summed E-state index contributed by atoms with van der Waals surface area (Å²) in [5.41, 5.74) is 0.182. The van der Waals surface area contributed by atoms with Gasteiger partial charge in [0.05, 0.1) is 6.61 Å². The summed E-state index contributed by atoms with van der Waals surface area (Å²) in [6, 6.07) is 0.598. The summed E-state index contributed by atoms with van der Waals surface area (Å²) in [7, 11) is 1.79. The van der Waals surface area contributed by atoms with Gasteiger partial charge >= 0.3 is 0 Å². The second kappa shape index (κ2) is 5.99. The molecule has 1 rings (SSSR count). The van der Waals surface area contributed by atoms with Crippen LogP contribution in [0.15, 0.2) is 0 Å². The number of ether oxygens (including phenoxy) is 1. The van der Waals surface area contributed by atoms with Crippen LogP contribution in [0.4, 0.5) is 0 Å². The summed E-state index contributed by atoms with van der Waals surface area (Å²) in [6.07, 6.45) is 1.31. The molecule has 1 saturated heterocycles. The minimum Gasteiger partial charge on any atom is -0.383 e. The van der Waals surface area contributed by atoms with Crippen LogP contribution in [-0.2, 0) is 4.74 Å². The molecule has 0 aliphatic carbocycles. The van der Waals surface area contributed by atoms with Crippen LogP contribution in [-0.4, -0.2) is 49.8 Å². The Balaban J connectivity index is 2.34. The van der Waals surface area contributed by atoms with Crippen LogP contribution in [0.2, 0.25) is 0 Å². The Hall–Kier alpha value is -0.120. The van der Waals surface area contributed by atoms with Gasteiger partial charge in [-0.05, 0) is 39.3 Å². The molecule has 1 aliphatic rings. The molecule has 1 unspecified atom stereocenters. The fraction of sp³-hybridized carbons (Fsp3) is 1.00. The van der Waals surface area contributed by atoms with E-state index in [2.05, 4.69) is 37.9 Å². The molecule has 1 heterocycles. The largest absolute Gasteiger partial charge is 0.383 e. The monoisotopic (exact) mass is 228 g/mol. The topological polar surface area (TPSA) is 24.5 Å². The van der Waals surface area contributed by atoms with E-state index in [0.717, 1.165) is 19.1 Å². The van der Waals surface area contributed by atoms with E-state index in [1.54, 1.807) is 7.11 Å². The van der Waals surface area contributed by atoms with Crippen molar-refractivity contribution in [2.75, 3.05) is 33.4 Å². The van der Waals surface area contributed by atoms with Crippen molar-refractivity contribution in [2.24, 2.45) is 5.92 Å². The Morgan fingerprint density at radius 2 is 2.12 bits per heavy atom. The Labute approximate surface area is 101 Å². The minimum atomic E-state index is 0.182. The van der Waals surface area contributed by atoms with Gasteiger partial charge in [-0.15, -0.1) is 0 Å². The molecule has 0 saturated carbocycles. The van der Waals surface area contributed by atoms with Crippen molar-refractivity contribution in [3.8, 4) is 0 Å². The molecule has 3 heteroatoms. The molecule has 0 aromatic heterocycles. The second-order valence-corrected chi connectivity index (χ2v) is 5.91. The predicted octanol–water partition coefficient (Wildman–Crippen LogP) is 1.73. The van der Waals surface area contributed by atoms with Crippen molar-refractivity contribution in [1.82, 2.24) is 10.2 Å². The summed E-state index contributed by atoms with van der Waals surface area (Å²) in [5.74, 6) is 0.804. The maximum atomic E-state index is 5.30. The molecular formula is C13H28N2O. The number of likely N-dealkylation sites (tertiary alicyclic amines) is 1. The highest BCUT2D eigenvalue weighted by molar-refractivity contribution is 4.88. The van der Waals surface area contributed by atoms with Crippen LogP contribution in [0.5, 0.6) is 0 Å². The number of methoxy groups -OCH3 is 1. The summed E-state index contributed by atoms with van der Waals surface area (Å²) in [5, 5.41) is 3.53. The lowest BCUT2D eigenvalue weighted by atomic mass is 10.0. The third-order valence-electron chi connectivity index (χ3n) is 3.45. The highest BCUT2D eigenvalue weighted by Gasteiger charge is 2.33. The quantitative estimate of drug-likeness (QED) is 0.749. The van der Waals surface area contributed by atoms with Crippen molar-refractivity contribution in [2.45, 2.75) is 45.7 Å². The SMILES string of the molecule is COCC(C)(C)N1CCC(CNC(C)C)C1. The van der Waals surface area contributed by atoms with Gasteiger partial charge in [0.25, 0.3) is 0 Å². The molecule has 0 spiro atoms. The molecule has 1 fully saturated rings. The average Bonchev–Trinajstić information content (AvgIpc) is 2.63. The van der Waals surface area contributed by atoms with Crippen LogP contribution >= 0.6 is 0 Å². The number of nitrogens with zero attached hydrogens (tertiary/aromatic N) is 1. The van der Waals surface area contributed by atoms with Gasteiger partial charge in [0.15, 0.2) is 0 Å². The van der Waals surface area contributed by atoms with Crippen molar-refractivity contribution in [1.29, 1.82) is 0 Å². The second-order valence-electron chi connectivity index (χ2n) is 5.91. The van der Waals surface area contributed by atoms with Gasteiger partial charge in [-0.2, -0.15) is 0 Å². The molecule has 0 aromatic rings. The molecular weight excluding hydrogens is 200 g/mol. The van der Waals surface area contributed by atoms with Crippen LogP contribution < -0.4 is 5.32 Å². The molecule has 1 N–H and O–H groups in total. The van der Waals surface area contributed by atoms with Gasteiger partial charge in [0.1, 0.15) is 0 Å². The highest BCUT2D eigenvalue weighted by atomic mass is 16.5. The predicted molar refractivity (Wildman–Crippen MR) is 68.8 cm³/mol. The highest BCUT2D eigenvalue weighted by Crippen LogP contribution is 2.24. The number of rotatable bonds is 6. The molecule has 16 heavy (non-hydrogen) atoms. The van der Waals surface area contributed by atoms with E-state index < -0.39 is 0 Å². The van der Waals surface area contributed by atoms with Crippen molar-refractivity contribution in [3.63, 3.8) is 0 Å². The molecule has 1 aliphatic heterocycles. The maximum Gasteiger partial charge on any atom is 0.0641 e. The summed E-state index contributed by atoms with van der Waals surface area (Å²) >= 11 is 0. The molecule has 1 atom stereocenters. The Morgan fingerprint density at radius 3 is 2.69 bits per heavy atom. The first-order chi connectivity index (χ1) is 7.45. The Kier molecular flexibility index (Phi) is 5.22. The molecule has 3 nitrogen and oxygen atoms in total. The summed E-state index contributed by atoms with van der Waals surface area (Å²) < 4.78 is 5.30. The van der Waals surface area contributed by atoms with Crippen LogP contribution in [0.1, 0.15) is 34.1 Å². The lowest BCUT2D eigenvalue weighted by molar-refractivity contribution is 0.0467. The lowest BCUT2D eigenvalue weighted by Gasteiger charge is -2.35. The summed E-state index contributed by atoms with van der Waals surface area (Å²) in [4.78, 5) is 2.56. The van der Waals surface area contributed by atoms with Crippen molar-refractivity contribution < 1.29 is 4.74 Å². The van der Waals surface area contributed by atoms with E-state index >= 15 is 0 Å². The molecule has 0 amide bonds. The molecule has 0 bridgehead atoms. The molecule has 0 aromatic carbocycles. The van der Waals surface area contributed by atoms with Crippen molar-refractivity contribution >= 4 is 0 Å². The van der Waals surface area contributed by atoms with Gasteiger partial charge in [0, 0.05) is 25.2 Å². The first-order valence-corrected chi connectivity index (χ1v) is 6.43. The minimum absolute atomic E-state index is 0.182. The normalized spacial score (nSPS) is 23.2.